The van der Waals surface area contributed by atoms with Crippen LogP contribution in [-0.2, 0) is 4.79 Å². The minimum Gasteiger partial charge on any atom is -0.325 e. The Kier molecular flexibility index (Phi) is 3.95. The van der Waals surface area contributed by atoms with Gasteiger partial charge in [-0.15, -0.1) is 11.6 Å². The first-order chi connectivity index (χ1) is 8.66. The smallest absolute Gasteiger partial charge is 0.246 e. The molecule has 1 atom stereocenters. The summed E-state index contributed by atoms with van der Waals surface area (Å²) in [5.74, 6) is -0.687. The average Bonchev–Trinajstić information content (AvgIpc) is 2.41. The summed E-state index contributed by atoms with van der Waals surface area (Å²) >= 11 is 6.05. The number of rotatable bonds is 3. The number of halogens is 2. The molecule has 0 unspecified atom stereocenters. The minimum absolute atomic E-state index is 0.338. The molecular formula is C14H11ClFNO. The van der Waals surface area contributed by atoms with Crippen LogP contribution in [0.5, 0.6) is 0 Å². The number of hydrogen-bond acceptors (Lipinski definition) is 1. The number of benzene rings is 2. The summed E-state index contributed by atoms with van der Waals surface area (Å²) in [5.41, 5.74) is 1.24. The summed E-state index contributed by atoms with van der Waals surface area (Å²) in [7, 11) is 0. The highest BCUT2D eigenvalue weighted by Crippen LogP contribution is 2.22. The molecule has 0 radical (unpaired) electrons. The van der Waals surface area contributed by atoms with Gasteiger partial charge in [-0.1, -0.05) is 30.3 Å². The lowest BCUT2D eigenvalue weighted by Gasteiger charge is -2.10. The van der Waals surface area contributed by atoms with E-state index >= 15 is 0 Å². The van der Waals surface area contributed by atoms with E-state index in [2.05, 4.69) is 5.32 Å². The van der Waals surface area contributed by atoms with Gasteiger partial charge in [0, 0.05) is 5.69 Å². The summed E-state index contributed by atoms with van der Waals surface area (Å²) in [6.45, 7) is 0. The van der Waals surface area contributed by atoms with E-state index in [1.807, 2.05) is 18.2 Å². The Morgan fingerprint density at radius 1 is 1.06 bits per heavy atom. The second kappa shape index (κ2) is 5.65. The Labute approximate surface area is 109 Å². The molecule has 1 N–H and O–H groups in total. The van der Waals surface area contributed by atoms with Crippen molar-refractivity contribution >= 4 is 23.2 Å². The maximum Gasteiger partial charge on any atom is 0.246 e. The van der Waals surface area contributed by atoms with E-state index < -0.39 is 5.38 Å². The first-order valence-corrected chi connectivity index (χ1v) is 5.86. The van der Waals surface area contributed by atoms with Crippen molar-refractivity contribution in [3.8, 4) is 0 Å². The van der Waals surface area contributed by atoms with Crippen molar-refractivity contribution in [1.82, 2.24) is 0 Å². The molecule has 0 heterocycles. The highest BCUT2D eigenvalue weighted by atomic mass is 35.5. The van der Waals surface area contributed by atoms with Gasteiger partial charge in [-0.3, -0.25) is 4.79 Å². The molecule has 18 heavy (non-hydrogen) atoms. The number of hydrogen-bond donors (Lipinski definition) is 1. The molecular weight excluding hydrogens is 253 g/mol. The van der Waals surface area contributed by atoms with Crippen molar-refractivity contribution in [3.63, 3.8) is 0 Å². The Morgan fingerprint density at radius 2 is 1.67 bits per heavy atom. The lowest BCUT2D eigenvalue weighted by atomic mass is 10.1. The van der Waals surface area contributed by atoms with Crippen LogP contribution in [0.1, 0.15) is 10.9 Å². The van der Waals surface area contributed by atoms with Crippen molar-refractivity contribution in [2.75, 3.05) is 5.32 Å². The quantitative estimate of drug-likeness (QED) is 0.840. The van der Waals surface area contributed by atoms with Gasteiger partial charge in [-0.05, 0) is 29.8 Å². The van der Waals surface area contributed by atoms with Crippen molar-refractivity contribution in [2.45, 2.75) is 5.38 Å². The van der Waals surface area contributed by atoms with Crippen LogP contribution in [0, 0.1) is 5.82 Å². The number of carbonyl (C=O) groups is 1. The van der Waals surface area contributed by atoms with Gasteiger partial charge in [0.25, 0.3) is 0 Å². The number of nitrogens with one attached hydrogen (secondary N) is 1. The third-order valence-corrected chi connectivity index (χ3v) is 2.88. The van der Waals surface area contributed by atoms with Gasteiger partial charge in [0.1, 0.15) is 11.2 Å². The predicted octanol–water partition coefficient (Wildman–Crippen LogP) is 3.74. The molecule has 0 aliphatic carbocycles. The highest BCUT2D eigenvalue weighted by molar-refractivity contribution is 6.32. The Morgan fingerprint density at radius 3 is 2.28 bits per heavy atom. The van der Waals surface area contributed by atoms with Gasteiger partial charge in [0.15, 0.2) is 0 Å². The van der Waals surface area contributed by atoms with Crippen molar-refractivity contribution < 1.29 is 9.18 Å². The highest BCUT2D eigenvalue weighted by Gasteiger charge is 2.17. The van der Waals surface area contributed by atoms with E-state index in [1.54, 1.807) is 12.1 Å². The normalized spacial score (nSPS) is 11.9. The van der Waals surface area contributed by atoms with Gasteiger partial charge < -0.3 is 5.32 Å². The van der Waals surface area contributed by atoms with E-state index in [0.717, 1.165) is 5.56 Å². The topological polar surface area (TPSA) is 29.1 Å². The third kappa shape index (κ3) is 3.08. The summed E-state index contributed by atoms with van der Waals surface area (Å²) in [4.78, 5) is 11.9. The molecule has 0 bridgehead atoms. The van der Waals surface area contributed by atoms with Gasteiger partial charge in [0.05, 0.1) is 0 Å². The van der Waals surface area contributed by atoms with Gasteiger partial charge in [0.2, 0.25) is 5.91 Å². The molecule has 4 heteroatoms. The molecule has 2 rings (SSSR count). The van der Waals surface area contributed by atoms with Crippen LogP contribution in [-0.4, -0.2) is 5.91 Å². The third-order valence-electron chi connectivity index (χ3n) is 2.43. The standard InChI is InChI=1S/C14H11ClFNO/c15-13(10-4-2-1-3-5-10)14(18)17-12-8-6-11(16)7-9-12/h1-9,13H,(H,17,18)/t13-/m1/s1. The molecule has 2 aromatic rings. The maximum atomic E-state index is 12.7. The van der Waals surface area contributed by atoms with Gasteiger partial charge in [-0.25, -0.2) is 4.39 Å². The van der Waals surface area contributed by atoms with Crippen molar-refractivity contribution in [1.29, 1.82) is 0 Å². The number of alkyl halides is 1. The summed E-state index contributed by atoms with van der Waals surface area (Å²) in [5, 5.41) is 1.86. The van der Waals surface area contributed by atoms with E-state index in [1.165, 1.54) is 24.3 Å². The van der Waals surface area contributed by atoms with E-state index in [9.17, 15) is 9.18 Å². The lowest BCUT2D eigenvalue weighted by molar-refractivity contribution is -0.116. The number of anilines is 1. The summed E-state index contributed by atoms with van der Waals surface area (Å²) in [6, 6.07) is 14.6. The molecule has 0 aromatic heterocycles. The Hall–Kier alpha value is -1.87. The summed E-state index contributed by atoms with van der Waals surface area (Å²) in [6.07, 6.45) is 0. The van der Waals surface area contributed by atoms with E-state index in [0.29, 0.717) is 5.69 Å². The Bertz CT molecular complexity index is 527. The average molecular weight is 264 g/mol. The van der Waals surface area contributed by atoms with Crippen molar-refractivity contribution in [3.05, 3.63) is 66.0 Å². The second-order valence-electron chi connectivity index (χ2n) is 3.77. The molecule has 2 nitrogen and oxygen atoms in total. The SMILES string of the molecule is O=C(Nc1ccc(F)cc1)[C@H](Cl)c1ccccc1. The zero-order valence-electron chi connectivity index (χ0n) is 9.44. The van der Waals surface area contributed by atoms with Crippen LogP contribution in [0.2, 0.25) is 0 Å². The molecule has 1 amide bonds. The molecule has 0 saturated heterocycles. The van der Waals surface area contributed by atoms with Gasteiger partial charge >= 0.3 is 0 Å². The van der Waals surface area contributed by atoms with Crippen LogP contribution >= 0.6 is 11.6 Å². The number of amides is 1. The molecule has 92 valence electrons. The number of carbonyl (C=O) groups excluding carboxylic acids is 1. The zero-order valence-corrected chi connectivity index (χ0v) is 10.2. The molecule has 0 saturated carbocycles. The van der Waals surface area contributed by atoms with Crippen LogP contribution in [0.15, 0.2) is 54.6 Å². The zero-order chi connectivity index (χ0) is 13.0. The van der Waals surface area contributed by atoms with Crippen LogP contribution in [0.4, 0.5) is 10.1 Å². The van der Waals surface area contributed by atoms with Crippen LogP contribution < -0.4 is 5.32 Å². The maximum absolute atomic E-state index is 12.7. The fraction of sp³-hybridized carbons (Fsp3) is 0.0714. The largest absolute Gasteiger partial charge is 0.325 e. The molecule has 0 aliphatic rings. The van der Waals surface area contributed by atoms with E-state index in [4.69, 9.17) is 11.6 Å². The summed E-state index contributed by atoms with van der Waals surface area (Å²) < 4.78 is 12.7. The first-order valence-electron chi connectivity index (χ1n) is 5.42. The molecule has 0 aliphatic heterocycles. The predicted molar refractivity (Wildman–Crippen MR) is 70.1 cm³/mol. The molecule has 0 spiro atoms. The van der Waals surface area contributed by atoms with Gasteiger partial charge in [-0.2, -0.15) is 0 Å². The van der Waals surface area contributed by atoms with E-state index in [-0.39, 0.29) is 11.7 Å². The second-order valence-corrected chi connectivity index (χ2v) is 4.21. The fourth-order valence-electron chi connectivity index (χ4n) is 1.51. The van der Waals surface area contributed by atoms with Crippen molar-refractivity contribution in [2.24, 2.45) is 0 Å². The molecule has 2 aromatic carbocycles. The lowest BCUT2D eigenvalue weighted by Crippen LogP contribution is -2.17. The first kappa shape index (κ1) is 12.6. The monoisotopic (exact) mass is 263 g/mol. The fourth-order valence-corrected chi connectivity index (χ4v) is 1.71. The van der Waals surface area contributed by atoms with Crippen LogP contribution in [0.25, 0.3) is 0 Å². The Balaban J connectivity index is 2.06. The molecule has 0 fully saturated rings. The van der Waals surface area contributed by atoms with Crippen LogP contribution in [0.3, 0.4) is 0 Å². The minimum atomic E-state index is -0.767.